The zero-order valence-corrected chi connectivity index (χ0v) is 23.0. The molecule has 0 bridgehead atoms. The summed E-state index contributed by atoms with van der Waals surface area (Å²) >= 11 is 0. The van der Waals surface area contributed by atoms with E-state index in [-0.39, 0.29) is 41.6 Å². The smallest absolute Gasteiger partial charge is 0.154 e. The molecule has 208 valence electrons. The van der Waals surface area contributed by atoms with Gasteiger partial charge in [-0.2, -0.15) is 0 Å². The minimum absolute atomic E-state index is 0.00637. The van der Waals surface area contributed by atoms with Crippen molar-refractivity contribution in [1.82, 2.24) is 10.6 Å². The number of benzene rings is 3. The number of nitrogens with zero attached hydrogens (tertiary/aromatic N) is 1. The maximum Gasteiger partial charge on any atom is 0.154 e. The second-order valence-electron chi connectivity index (χ2n) is 11.6. The van der Waals surface area contributed by atoms with E-state index >= 15 is 0 Å². The Hall–Kier alpha value is -3.35. The Bertz CT molecular complexity index is 1230. The van der Waals surface area contributed by atoms with Crippen LogP contribution in [0, 0.1) is 5.82 Å². The molecule has 0 amide bonds. The van der Waals surface area contributed by atoms with Gasteiger partial charge in [0.15, 0.2) is 11.6 Å². The molecule has 6 rings (SSSR count). The quantitative estimate of drug-likeness (QED) is 0.369. The van der Waals surface area contributed by atoms with Crippen molar-refractivity contribution in [3.8, 4) is 0 Å². The van der Waals surface area contributed by atoms with Crippen LogP contribution >= 0.6 is 0 Å². The molecule has 0 aliphatic carbocycles. The number of rotatable bonds is 9. The van der Waals surface area contributed by atoms with Gasteiger partial charge in [-0.3, -0.25) is 9.59 Å². The van der Waals surface area contributed by atoms with Crippen molar-refractivity contribution in [1.29, 1.82) is 0 Å². The van der Waals surface area contributed by atoms with Crippen LogP contribution in [-0.2, 0) is 22.4 Å². The van der Waals surface area contributed by atoms with Crippen LogP contribution in [0.4, 0.5) is 10.1 Å². The lowest BCUT2D eigenvalue weighted by atomic mass is 9.98. The number of ketones is 2. The van der Waals surface area contributed by atoms with Crippen molar-refractivity contribution < 1.29 is 14.0 Å². The Labute approximate surface area is 236 Å². The van der Waals surface area contributed by atoms with Gasteiger partial charge in [-0.1, -0.05) is 48.5 Å². The molecule has 2 unspecified atom stereocenters. The topological polar surface area (TPSA) is 61.4 Å². The lowest BCUT2D eigenvalue weighted by Crippen LogP contribution is -2.31. The van der Waals surface area contributed by atoms with Crippen molar-refractivity contribution in [3.63, 3.8) is 0 Å². The number of halogens is 1. The maximum absolute atomic E-state index is 13.9. The van der Waals surface area contributed by atoms with Gasteiger partial charge in [-0.15, -0.1) is 0 Å². The van der Waals surface area contributed by atoms with Crippen LogP contribution < -0.4 is 15.5 Å². The molecule has 6 heteroatoms. The average molecular weight is 540 g/mol. The summed E-state index contributed by atoms with van der Waals surface area (Å²) in [4.78, 5) is 27.7. The SMILES string of the molecule is O=C(Cc1ccc(C2CCC(c3ccc(CC(=O)[C@@H]4CCCN4)cc3)N2c2ccc(F)cc2)cc1)[C@@H]1CCCN1. The molecule has 5 nitrogen and oxygen atoms in total. The van der Waals surface area contributed by atoms with Gasteiger partial charge in [0.1, 0.15) is 5.82 Å². The highest BCUT2D eigenvalue weighted by Gasteiger charge is 2.35. The van der Waals surface area contributed by atoms with Crippen molar-refractivity contribution >= 4 is 17.3 Å². The molecule has 4 atom stereocenters. The molecule has 0 spiro atoms. The van der Waals surface area contributed by atoms with Gasteiger partial charge in [0.25, 0.3) is 0 Å². The Morgan fingerprint density at radius 3 is 1.50 bits per heavy atom. The monoisotopic (exact) mass is 539 g/mol. The fourth-order valence-corrected chi connectivity index (χ4v) is 6.72. The van der Waals surface area contributed by atoms with Gasteiger partial charge < -0.3 is 15.5 Å². The van der Waals surface area contributed by atoms with E-state index in [1.165, 1.54) is 23.3 Å². The van der Waals surface area contributed by atoms with Gasteiger partial charge in [0, 0.05) is 18.5 Å². The van der Waals surface area contributed by atoms with E-state index in [1.807, 2.05) is 12.1 Å². The van der Waals surface area contributed by atoms with Crippen molar-refractivity contribution in [2.75, 3.05) is 18.0 Å². The number of hydrogen-bond donors (Lipinski definition) is 2. The highest BCUT2D eigenvalue weighted by atomic mass is 19.1. The molecule has 0 radical (unpaired) electrons. The highest BCUT2D eigenvalue weighted by Crippen LogP contribution is 2.47. The lowest BCUT2D eigenvalue weighted by Gasteiger charge is -2.33. The zero-order valence-electron chi connectivity index (χ0n) is 23.0. The van der Waals surface area contributed by atoms with Crippen LogP contribution in [0.2, 0.25) is 0 Å². The van der Waals surface area contributed by atoms with E-state index in [1.54, 1.807) is 0 Å². The Morgan fingerprint density at radius 1 is 0.650 bits per heavy atom. The largest absolute Gasteiger partial charge is 0.357 e. The molecular formula is C34H38FN3O2. The van der Waals surface area contributed by atoms with Gasteiger partial charge >= 0.3 is 0 Å². The van der Waals surface area contributed by atoms with Crippen molar-refractivity contribution in [2.24, 2.45) is 0 Å². The van der Waals surface area contributed by atoms with Crippen LogP contribution in [0.3, 0.4) is 0 Å². The molecule has 3 aliphatic heterocycles. The molecule has 3 saturated heterocycles. The fraction of sp³-hybridized carbons (Fsp3) is 0.412. The van der Waals surface area contributed by atoms with Crippen molar-refractivity contribution in [2.45, 2.75) is 75.5 Å². The first-order valence-electron chi connectivity index (χ1n) is 14.8. The van der Waals surface area contributed by atoms with E-state index in [0.29, 0.717) is 12.8 Å². The van der Waals surface area contributed by atoms with Crippen LogP contribution in [0.1, 0.15) is 72.9 Å². The van der Waals surface area contributed by atoms with Gasteiger partial charge in [0.2, 0.25) is 0 Å². The van der Waals surface area contributed by atoms with Crippen LogP contribution in [0.5, 0.6) is 0 Å². The number of carbonyl (C=O) groups is 2. The first-order valence-corrected chi connectivity index (χ1v) is 14.8. The minimum atomic E-state index is -0.243. The highest BCUT2D eigenvalue weighted by molar-refractivity contribution is 5.86. The standard InChI is InChI=1S/C34H38FN3O2/c35-27-13-15-28(16-14-27)38-31(25-9-5-23(6-10-25)21-33(39)29-3-1-19-36-29)17-18-32(38)26-11-7-24(8-12-26)22-34(40)30-4-2-20-37-30/h5-16,29-32,36-37H,1-4,17-22H2/t29-,30-,31?,32?/m0/s1. The molecule has 3 heterocycles. The zero-order chi connectivity index (χ0) is 27.5. The first-order chi connectivity index (χ1) is 19.5. The summed E-state index contributed by atoms with van der Waals surface area (Å²) in [6, 6.07) is 24.0. The van der Waals surface area contributed by atoms with Crippen LogP contribution in [-0.4, -0.2) is 36.7 Å². The summed E-state index contributed by atoms with van der Waals surface area (Å²) in [5.41, 5.74) is 5.49. The second-order valence-corrected chi connectivity index (χ2v) is 11.6. The maximum atomic E-state index is 13.9. The number of anilines is 1. The molecule has 0 aromatic heterocycles. The Morgan fingerprint density at radius 2 is 1.10 bits per heavy atom. The summed E-state index contributed by atoms with van der Waals surface area (Å²) in [7, 11) is 0. The van der Waals surface area contributed by atoms with E-state index in [2.05, 4.69) is 64.1 Å². The van der Waals surface area contributed by atoms with E-state index in [4.69, 9.17) is 0 Å². The number of Topliss-reactive ketones (excluding diaryl/α,β-unsaturated/α-hetero) is 2. The van der Waals surface area contributed by atoms with Gasteiger partial charge in [-0.25, -0.2) is 4.39 Å². The molecule has 2 N–H and O–H groups in total. The van der Waals surface area contributed by atoms with Gasteiger partial charge in [-0.05, 0) is 98.1 Å². The Balaban J connectivity index is 1.20. The normalized spacial score (nSPS) is 24.5. The molecule has 3 aromatic carbocycles. The van der Waals surface area contributed by atoms with Crippen molar-refractivity contribution in [3.05, 3.63) is 101 Å². The Kier molecular flexibility index (Phi) is 8.08. The fourth-order valence-electron chi connectivity index (χ4n) is 6.72. The molecule has 40 heavy (non-hydrogen) atoms. The number of carbonyl (C=O) groups excluding carboxylic acids is 2. The molecule has 0 saturated carbocycles. The first kappa shape index (κ1) is 26.9. The molecule has 3 fully saturated rings. The minimum Gasteiger partial charge on any atom is -0.357 e. The molecule has 3 aliphatic rings. The number of nitrogens with one attached hydrogen (secondary N) is 2. The summed E-state index contributed by atoms with van der Waals surface area (Å²) in [5.74, 6) is 0.292. The third-order valence-electron chi connectivity index (χ3n) is 8.89. The predicted molar refractivity (Wildman–Crippen MR) is 156 cm³/mol. The lowest BCUT2D eigenvalue weighted by molar-refractivity contribution is -0.120. The van der Waals surface area contributed by atoms with Crippen LogP contribution in [0.15, 0.2) is 72.8 Å². The third kappa shape index (κ3) is 5.89. The second kappa shape index (κ2) is 12.0. The molecular weight excluding hydrogens is 501 g/mol. The average Bonchev–Trinajstić information content (AvgIpc) is 3.77. The third-order valence-corrected chi connectivity index (χ3v) is 8.89. The predicted octanol–water partition coefficient (Wildman–Crippen LogP) is 5.64. The summed E-state index contributed by atoms with van der Waals surface area (Å²) in [6.07, 6.45) is 6.85. The van der Waals surface area contributed by atoms with E-state index in [9.17, 15) is 14.0 Å². The number of hydrogen-bond acceptors (Lipinski definition) is 5. The van der Waals surface area contributed by atoms with Gasteiger partial charge in [0.05, 0.1) is 24.2 Å². The summed E-state index contributed by atoms with van der Waals surface area (Å²) in [6.45, 7) is 1.85. The van der Waals surface area contributed by atoms with E-state index in [0.717, 1.165) is 68.4 Å². The van der Waals surface area contributed by atoms with E-state index < -0.39 is 0 Å². The molecule has 3 aromatic rings. The summed E-state index contributed by atoms with van der Waals surface area (Å²) < 4.78 is 13.9. The summed E-state index contributed by atoms with van der Waals surface area (Å²) in [5, 5.41) is 6.61. The van der Waals surface area contributed by atoms with Crippen LogP contribution in [0.25, 0.3) is 0 Å².